The predicted octanol–water partition coefficient (Wildman–Crippen LogP) is 2.91. The van der Waals surface area contributed by atoms with E-state index in [0.29, 0.717) is 38.0 Å². The van der Waals surface area contributed by atoms with Crippen LogP contribution in [0.15, 0.2) is 24.3 Å². The fourth-order valence-electron chi connectivity index (χ4n) is 3.00. The number of aliphatic carboxylic acids is 1. The van der Waals surface area contributed by atoms with Crippen LogP contribution >= 0.6 is 0 Å². The van der Waals surface area contributed by atoms with Gasteiger partial charge < -0.3 is 20.5 Å². The third-order valence-corrected chi connectivity index (χ3v) is 4.32. The number of amides is 1. The summed E-state index contributed by atoms with van der Waals surface area (Å²) in [6.45, 7) is 6.20. The molecular formula is C18H26N2O4. The second-order valence-corrected chi connectivity index (χ2v) is 7.47. The van der Waals surface area contributed by atoms with Crippen molar-refractivity contribution in [2.24, 2.45) is 5.41 Å². The Morgan fingerprint density at radius 2 is 1.92 bits per heavy atom. The van der Waals surface area contributed by atoms with E-state index in [1.54, 1.807) is 11.0 Å². The van der Waals surface area contributed by atoms with Crippen molar-refractivity contribution in [1.29, 1.82) is 0 Å². The molecule has 0 aliphatic carbocycles. The normalized spacial score (nSPS) is 17.4. The molecule has 6 nitrogen and oxygen atoms in total. The Morgan fingerprint density at radius 3 is 2.42 bits per heavy atom. The van der Waals surface area contributed by atoms with E-state index in [4.69, 9.17) is 10.5 Å². The van der Waals surface area contributed by atoms with Gasteiger partial charge in [-0.25, -0.2) is 4.79 Å². The highest BCUT2D eigenvalue weighted by Crippen LogP contribution is 2.36. The molecular weight excluding hydrogens is 308 g/mol. The minimum atomic E-state index is -0.869. The third-order valence-electron chi connectivity index (χ3n) is 4.32. The van der Waals surface area contributed by atoms with E-state index in [9.17, 15) is 14.7 Å². The molecule has 1 aromatic rings. The second kappa shape index (κ2) is 6.71. The summed E-state index contributed by atoms with van der Waals surface area (Å²) in [4.78, 5) is 25.6. The Kier molecular flexibility index (Phi) is 5.06. The smallest absolute Gasteiger partial charge is 0.410 e. The van der Waals surface area contributed by atoms with Crippen LogP contribution in [-0.4, -0.2) is 40.8 Å². The molecule has 24 heavy (non-hydrogen) atoms. The summed E-state index contributed by atoms with van der Waals surface area (Å²) >= 11 is 0. The maximum atomic E-state index is 12.1. The van der Waals surface area contributed by atoms with Crippen LogP contribution in [0.1, 0.15) is 39.2 Å². The Labute approximate surface area is 142 Å². The van der Waals surface area contributed by atoms with Gasteiger partial charge in [0.1, 0.15) is 5.60 Å². The van der Waals surface area contributed by atoms with Gasteiger partial charge in [-0.1, -0.05) is 12.1 Å². The lowest BCUT2D eigenvalue weighted by Gasteiger charge is -2.39. The average molecular weight is 334 g/mol. The van der Waals surface area contributed by atoms with Crippen molar-refractivity contribution < 1.29 is 19.4 Å². The lowest BCUT2D eigenvalue weighted by atomic mass is 9.74. The highest BCUT2D eigenvalue weighted by molar-refractivity contribution is 5.76. The van der Waals surface area contributed by atoms with Gasteiger partial charge in [-0.3, -0.25) is 4.79 Å². The minimum absolute atomic E-state index is 0.379. The van der Waals surface area contributed by atoms with Gasteiger partial charge in [0.2, 0.25) is 0 Å². The summed E-state index contributed by atoms with van der Waals surface area (Å²) in [7, 11) is 0. The Morgan fingerprint density at radius 1 is 1.29 bits per heavy atom. The number of piperidine rings is 1. The molecule has 0 saturated carbocycles. The van der Waals surface area contributed by atoms with Gasteiger partial charge in [-0.05, 0) is 57.7 Å². The zero-order valence-corrected chi connectivity index (χ0v) is 14.5. The van der Waals surface area contributed by atoms with Crippen molar-refractivity contribution in [1.82, 2.24) is 4.90 Å². The number of rotatable bonds is 3. The molecule has 1 saturated heterocycles. The van der Waals surface area contributed by atoms with E-state index in [2.05, 4.69) is 0 Å². The molecule has 2 rings (SSSR count). The van der Waals surface area contributed by atoms with Gasteiger partial charge in [0.05, 0.1) is 5.41 Å². The van der Waals surface area contributed by atoms with Crippen LogP contribution in [0.25, 0.3) is 0 Å². The molecule has 3 N–H and O–H groups in total. The quantitative estimate of drug-likeness (QED) is 0.829. The summed E-state index contributed by atoms with van der Waals surface area (Å²) in [6.07, 6.45) is 0.827. The molecule has 1 amide bonds. The van der Waals surface area contributed by atoms with Gasteiger partial charge >= 0.3 is 12.1 Å². The number of benzene rings is 1. The lowest BCUT2D eigenvalue weighted by Crippen LogP contribution is -2.48. The fourth-order valence-corrected chi connectivity index (χ4v) is 3.00. The monoisotopic (exact) mass is 334 g/mol. The third kappa shape index (κ3) is 4.40. The van der Waals surface area contributed by atoms with Crippen molar-refractivity contribution in [3.05, 3.63) is 29.8 Å². The van der Waals surface area contributed by atoms with E-state index in [1.807, 2.05) is 39.0 Å². The summed E-state index contributed by atoms with van der Waals surface area (Å²) in [5.74, 6) is -0.825. The first-order valence-corrected chi connectivity index (χ1v) is 8.17. The summed E-state index contributed by atoms with van der Waals surface area (Å²) in [5.41, 5.74) is 5.89. The van der Waals surface area contributed by atoms with E-state index >= 15 is 0 Å². The Bertz CT molecular complexity index is 614. The first-order chi connectivity index (χ1) is 11.1. The maximum absolute atomic E-state index is 12.1. The molecule has 1 fully saturated rings. The number of carboxylic acids is 1. The van der Waals surface area contributed by atoms with Crippen LogP contribution in [0.4, 0.5) is 10.5 Å². The number of hydrogen-bond donors (Lipinski definition) is 2. The first kappa shape index (κ1) is 18.1. The van der Waals surface area contributed by atoms with Crippen molar-refractivity contribution in [3.63, 3.8) is 0 Å². The summed E-state index contributed by atoms with van der Waals surface area (Å²) in [5, 5.41) is 9.76. The van der Waals surface area contributed by atoms with Crippen LogP contribution in [-0.2, 0) is 16.0 Å². The molecule has 1 aliphatic heterocycles. The standard InChI is InChI=1S/C18H26N2O4/c1-17(2,3)24-16(23)20-9-7-18(8-10-20,15(21)22)12-13-5-4-6-14(19)11-13/h4-6,11H,7-10,12,19H2,1-3H3,(H,21,22). The van der Waals surface area contributed by atoms with Crippen molar-refractivity contribution in [2.45, 2.75) is 45.6 Å². The lowest BCUT2D eigenvalue weighted by molar-refractivity contribution is -0.152. The zero-order chi connectivity index (χ0) is 18.0. The molecule has 0 atom stereocenters. The molecule has 6 heteroatoms. The molecule has 132 valence electrons. The molecule has 1 heterocycles. The average Bonchev–Trinajstić information content (AvgIpc) is 2.46. The molecule has 1 aliphatic rings. The summed E-state index contributed by atoms with van der Waals surface area (Å²) in [6, 6.07) is 7.31. The number of hydrogen-bond acceptors (Lipinski definition) is 4. The van der Waals surface area contributed by atoms with E-state index in [0.717, 1.165) is 5.56 Å². The fraction of sp³-hybridized carbons (Fsp3) is 0.556. The number of anilines is 1. The number of carbonyl (C=O) groups excluding carboxylic acids is 1. The van der Waals surface area contributed by atoms with E-state index in [1.165, 1.54) is 0 Å². The van der Waals surface area contributed by atoms with Crippen LogP contribution in [0.2, 0.25) is 0 Å². The van der Waals surface area contributed by atoms with E-state index < -0.39 is 17.0 Å². The Balaban J connectivity index is 2.06. The number of ether oxygens (including phenoxy) is 1. The minimum Gasteiger partial charge on any atom is -0.481 e. The number of nitrogens with zero attached hydrogens (tertiary/aromatic N) is 1. The number of carboxylic acid groups (broad SMARTS) is 1. The number of likely N-dealkylation sites (tertiary alicyclic amines) is 1. The van der Waals surface area contributed by atoms with Gasteiger partial charge in [-0.2, -0.15) is 0 Å². The Hall–Kier alpha value is -2.24. The van der Waals surface area contributed by atoms with Gasteiger partial charge in [0.15, 0.2) is 0 Å². The van der Waals surface area contributed by atoms with Crippen LogP contribution in [0.3, 0.4) is 0 Å². The van der Waals surface area contributed by atoms with Crippen molar-refractivity contribution in [2.75, 3.05) is 18.8 Å². The number of nitrogen functional groups attached to an aromatic ring is 1. The largest absolute Gasteiger partial charge is 0.481 e. The van der Waals surface area contributed by atoms with Gasteiger partial charge in [-0.15, -0.1) is 0 Å². The highest BCUT2D eigenvalue weighted by Gasteiger charge is 2.43. The van der Waals surface area contributed by atoms with Crippen molar-refractivity contribution >= 4 is 17.7 Å². The van der Waals surface area contributed by atoms with Crippen LogP contribution in [0, 0.1) is 5.41 Å². The molecule has 0 radical (unpaired) electrons. The van der Waals surface area contributed by atoms with Crippen LogP contribution < -0.4 is 5.73 Å². The maximum Gasteiger partial charge on any atom is 0.410 e. The highest BCUT2D eigenvalue weighted by atomic mass is 16.6. The van der Waals surface area contributed by atoms with Crippen LogP contribution in [0.5, 0.6) is 0 Å². The molecule has 0 spiro atoms. The number of nitrogens with two attached hydrogens (primary N) is 1. The first-order valence-electron chi connectivity index (χ1n) is 8.17. The van der Waals surface area contributed by atoms with E-state index in [-0.39, 0.29) is 6.09 Å². The predicted molar refractivity (Wildman–Crippen MR) is 91.7 cm³/mol. The molecule has 0 aromatic heterocycles. The van der Waals surface area contributed by atoms with Gasteiger partial charge in [0, 0.05) is 18.8 Å². The zero-order valence-electron chi connectivity index (χ0n) is 14.5. The topological polar surface area (TPSA) is 92.9 Å². The van der Waals surface area contributed by atoms with Gasteiger partial charge in [0.25, 0.3) is 0 Å². The second-order valence-electron chi connectivity index (χ2n) is 7.47. The summed E-state index contributed by atoms with van der Waals surface area (Å²) < 4.78 is 5.36. The number of carbonyl (C=O) groups is 2. The van der Waals surface area contributed by atoms with Crippen molar-refractivity contribution in [3.8, 4) is 0 Å². The molecule has 0 bridgehead atoms. The SMILES string of the molecule is CC(C)(C)OC(=O)N1CCC(Cc2cccc(N)c2)(C(=O)O)CC1. The molecule has 1 aromatic carbocycles. The molecule has 0 unspecified atom stereocenters.